The lowest BCUT2D eigenvalue weighted by Gasteiger charge is -1.85. The summed E-state index contributed by atoms with van der Waals surface area (Å²) in [6, 6.07) is 3.85. The minimum Gasteiger partial charge on any atom is -0.299 e. The highest BCUT2D eigenvalue weighted by molar-refractivity contribution is 7.10. The van der Waals surface area contributed by atoms with Crippen LogP contribution in [0, 0.1) is 6.42 Å². The molecule has 0 saturated heterocycles. The molecule has 1 aromatic heterocycles. The molecule has 47 valence electrons. The molecule has 0 atom stereocenters. The molecule has 0 amide bonds. The van der Waals surface area contributed by atoms with Crippen LogP contribution in [0.5, 0.6) is 0 Å². The van der Waals surface area contributed by atoms with Gasteiger partial charge in [-0.1, -0.05) is 6.07 Å². The van der Waals surface area contributed by atoms with Crippen LogP contribution in [0.4, 0.5) is 0 Å². The van der Waals surface area contributed by atoms with E-state index in [1.54, 1.807) is 24.7 Å². The van der Waals surface area contributed by atoms with Gasteiger partial charge in [0.2, 0.25) is 0 Å². The van der Waals surface area contributed by atoms with Crippen LogP contribution in [-0.2, 0) is 4.79 Å². The van der Waals surface area contributed by atoms with Gasteiger partial charge in [0, 0.05) is 4.88 Å². The monoisotopic (exact) mass is 139 g/mol. The third-order valence-electron chi connectivity index (χ3n) is 0.889. The normalized spacial score (nSPS) is 9.44. The second-order valence-electron chi connectivity index (χ2n) is 1.77. The van der Waals surface area contributed by atoms with Crippen LogP contribution in [0.2, 0.25) is 0 Å². The van der Waals surface area contributed by atoms with Crippen molar-refractivity contribution in [2.24, 2.45) is 0 Å². The number of hydrogen-bond acceptors (Lipinski definition) is 2. The number of rotatable bonds is 2. The first-order chi connectivity index (χ1) is 4.29. The van der Waals surface area contributed by atoms with Crippen LogP contribution in [0.1, 0.15) is 11.8 Å². The van der Waals surface area contributed by atoms with Crippen molar-refractivity contribution >= 4 is 17.1 Å². The topological polar surface area (TPSA) is 17.1 Å². The molecule has 2 heteroatoms. The molecule has 1 heterocycles. The summed E-state index contributed by atoms with van der Waals surface area (Å²) in [5.74, 6) is 0.109. The van der Waals surface area contributed by atoms with Gasteiger partial charge in [-0.05, 0) is 18.4 Å². The average Bonchev–Trinajstić information content (AvgIpc) is 2.15. The highest BCUT2D eigenvalue weighted by Crippen LogP contribution is 2.10. The third-order valence-corrected chi connectivity index (χ3v) is 1.71. The second-order valence-corrected chi connectivity index (χ2v) is 2.75. The van der Waals surface area contributed by atoms with E-state index in [1.165, 1.54) is 0 Å². The maximum Gasteiger partial charge on any atom is 0.139 e. The molecule has 9 heavy (non-hydrogen) atoms. The summed E-state index contributed by atoms with van der Waals surface area (Å²) in [6.07, 6.45) is 1.63. The molecule has 0 aliphatic heterocycles. The molecule has 0 bridgehead atoms. The highest BCUT2D eigenvalue weighted by atomic mass is 32.1. The summed E-state index contributed by atoms with van der Waals surface area (Å²) in [6.45, 7) is 1.56. The van der Waals surface area contributed by atoms with E-state index < -0.39 is 0 Å². The van der Waals surface area contributed by atoms with Crippen molar-refractivity contribution in [2.45, 2.75) is 6.92 Å². The van der Waals surface area contributed by atoms with Gasteiger partial charge in [-0.3, -0.25) is 4.79 Å². The minimum absolute atomic E-state index is 0.109. The van der Waals surface area contributed by atoms with Crippen LogP contribution in [-0.4, -0.2) is 5.78 Å². The van der Waals surface area contributed by atoms with Crippen LogP contribution < -0.4 is 0 Å². The Morgan fingerprint density at radius 3 is 3.00 bits per heavy atom. The zero-order valence-corrected chi connectivity index (χ0v) is 5.94. The fourth-order valence-electron chi connectivity index (χ4n) is 0.574. The Kier molecular flexibility index (Phi) is 2.01. The van der Waals surface area contributed by atoms with Crippen molar-refractivity contribution < 1.29 is 4.79 Å². The molecular weight excluding hydrogens is 132 g/mol. The van der Waals surface area contributed by atoms with Crippen molar-refractivity contribution in [3.8, 4) is 0 Å². The first-order valence-corrected chi connectivity index (χ1v) is 3.56. The minimum atomic E-state index is 0.109. The van der Waals surface area contributed by atoms with Gasteiger partial charge in [0.25, 0.3) is 0 Å². The smallest absolute Gasteiger partial charge is 0.139 e. The maximum atomic E-state index is 10.5. The van der Waals surface area contributed by atoms with Crippen molar-refractivity contribution in [3.05, 3.63) is 28.8 Å². The lowest BCUT2D eigenvalue weighted by Crippen LogP contribution is -1.88. The van der Waals surface area contributed by atoms with E-state index in [-0.39, 0.29) is 5.78 Å². The van der Waals surface area contributed by atoms with Crippen molar-refractivity contribution in [1.82, 2.24) is 0 Å². The highest BCUT2D eigenvalue weighted by Gasteiger charge is 1.96. The zero-order valence-electron chi connectivity index (χ0n) is 5.13. The summed E-state index contributed by atoms with van der Waals surface area (Å²) in [5, 5.41) is 1.95. The summed E-state index contributed by atoms with van der Waals surface area (Å²) < 4.78 is 0. The quantitative estimate of drug-likeness (QED) is 0.611. The summed E-state index contributed by atoms with van der Waals surface area (Å²) >= 11 is 1.57. The number of carbonyl (C=O) groups excluding carboxylic acids is 1. The summed E-state index contributed by atoms with van der Waals surface area (Å²) in [7, 11) is 0. The fraction of sp³-hybridized carbons (Fsp3) is 0.143. The molecule has 0 aliphatic rings. The molecule has 1 radical (unpaired) electrons. The van der Waals surface area contributed by atoms with E-state index >= 15 is 0 Å². The molecule has 0 aromatic carbocycles. The molecule has 0 saturated carbocycles. The van der Waals surface area contributed by atoms with Crippen LogP contribution >= 0.6 is 11.3 Å². The number of thiophene rings is 1. The standard InChI is InChI=1S/C7H7OS/c1-6(8)5-7-3-2-4-9-7/h2-5H,1H3. The van der Waals surface area contributed by atoms with E-state index in [4.69, 9.17) is 0 Å². The summed E-state index contributed by atoms with van der Waals surface area (Å²) in [4.78, 5) is 11.5. The van der Waals surface area contributed by atoms with Gasteiger partial charge in [0.1, 0.15) is 5.78 Å². The van der Waals surface area contributed by atoms with Crippen molar-refractivity contribution in [2.75, 3.05) is 0 Å². The van der Waals surface area contributed by atoms with Gasteiger partial charge in [0.15, 0.2) is 0 Å². The lowest BCUT2D eigenvalue weighted by atomic mass is 10.3. The molecule has 0 unspecified atom stereocenters. The Labute approximate surface area is 58.3 Å². The average molecular weight is 139 g/mol. The van der Waals surface area contributed by atoms with E-state index in [1.807, 2.05) is 17.5 Å². The van der Waals surface area contributed by atoms with Crippen LogP contribution in [0.25, 0.3) is 0 Å². The molecular formula is C7H7OS. The number of ketones is 1. The first-order valence-electron chi connectivity index (χ1n) is 2.68. The predicted molar refractivity (Wildman–Crippen MR) is 38.4 cm³/mol. The Morgan fingerprint density at radius 2 is 2.56 bits per heavy atom. The van der Waals surface area contributed by atoms with Gasteiger partial charge in [-0.25, -0.2) is 0 Å². The Bertz CT molecular complexity index is 189. The van der Waals surface area contributed by atoms with E-state index in [9.17, 15) is 4.79 Å². The van der Waals surface area contributed by atoms with Gasteiger partial charge < -0.3 is 0 Å². The zero-order chi connectivity index (χ0) is 6.69. The predicted octanol–water partition coefficient (Wildman–Crippen LogP) is 1.89. The SMILES string of the molecule is CC(=O)[CH]c1cccs1. The maximum absolute atomic E-state index is 10.5. The molecule has 0 spiro atoms. The van der Waals surface area contributed by atoms with Crippen molar-refractivity contribution in [1.29, 1.82) is 0 Å². The molecule has 0 aliphatic carbocycles. The van der Waals surface area contributed by atoms with E-state index in [0.717, 1.165) is 4.88 Å². The van der Waals surface area contributed by atoms with Gasteiger partial charge in [0.05, 0.1) is 6.42 Å². The number of carbonyl (C=O) groups is 1. The second kappa shape index (κ2) is 2.78. The Morgan fingerprint density at radius 1 is 1.78 bits per heavy atom. The fourth-order valence-corrected chi connectivity index (χ4v) is 1.28. The van der Waals surface area contributed by atoms with E-state index in [2.05, 4.69) is 0 Å². The molecule has 0 N–H and O–H groups in total. The van der Waals surface area contributed by atoms with Crippen LogP contribution in [0.3, 0.4) is 0 Å². The Hall–Kier alpha value is -0.630. The van der Waals surface area contributed by atoms with Gasteiger partial charge in [-0.2, -0.15) is 0 Å². The van der Waals surface area contributed by atoms with Gasteiger partial charge >= 0.3 is 0 Å². The van der Waals surface area contributed by atoms with Crippen molar-refractivity contribution in [3.63, 3.8) is 0 Å². The summed E-state index contributed by atoms with van der Waals surface area (Å²) in [5.41, 5.74) is 0. The van der Waals surface area contributed by atoms with Crippen LogP contribution in [0.15, 0.2) is 17.5 Å². The number of hydrogen-bond donors (Lipinski definition) is 0. The number of Topliss-reactive ketones (excluding diaryl/α,β-unsaturated/α-hetero) is 1. The molecule has 1 nitrogen and oxygen atoms in total. The van der Waals surface area contributed by atoms with E-state index in [0.29, 0.717) is 0 Å². The first kappa shape index (κ1) is 6.49. The lowest BCUT2D eigenvalue weighted by molar-refractivity contribution is -0.113. The Balaban J connectivity index is 2.58. The third kappa shape index (κ3) is 1.98. The molecule has 0 fully saturated rings. The largest absolute Gasteiger partial charge is 0.299 e. The molecule has 1 aromatic rings. The molecule has 1 rings (SSSR count). The van der Waals surface area contributed by atoms with Gasteiger partial charge in [-0.15, -0.1) is 11.3 Å².